The van der Waals surface area contributed by atoms with Gasteiger partial charge >= 0.3 is 6.03 Å². The molecule has 3 amide bonds. The van der Waals surface area contributed by atoms with E-state index >= 15 is 0 Å². The van der Waals surface area contributed by atoms with Crippen LogP contribution in [0.5, 0.6) is 5.75 Å². The number of rotatable bonds is 8. The minimum absolute atomic E-state index is 0.0169. The van der Waals surface area contributed by atoms with Crippen molar-refractivity contribution in [2.45, 2.75) is 44.9 Å². The summed E-state index contributed by atoms with van der Waals surface area (Å²) >= 11 is 0. The summed E-state index contributed by atoms with van der Waals surface area (Å²) in [6.07, 6.45) is 2.04. The molecule has 4 rings (SSSR count). The standard InChI is InChI=1S/C26H35N7O7S/c1-15-10-33(16(2)13-34)25(35)19-8-7-9-20(30-41(37,38)22-12-31(5)14-27-22)24(19)39-21(15)11-32(6)26(36)28-23-17(3)29-40-18(23)4/h7-9,12,14-16,21,30,34H,10-11,13H2,1-6H3,(H,28,36)/t15-,16+,21-/m0/s1. The molecule has 3 aromatic rings. The average molecular weight is 590 g/mol. The number of hydrogen-bond donors (Lipinski definition) is 3. The summed E-state index contributed by atoms with van der Waals surface area (Å²) in [7, 11) is -0.879. The van der Waals surface area contributed by atoms with Crippen molar-refractivity contribution in [3.63, 3.8) is 0 Å². The number of likely N-dealkylation sites (N-methyl/N-ethyl adjacent to an activating group) is 1. The Balaban J connectivity index is 1.69. The van der Waals surface area contributed by atoms with E-state index in [1.807, 2.05) is 6.92 Å². The normalized spacial score (nSPS) is 18.1. The van der Waals surface area contributed by atoms with Crippen LogP contribution in [-0.2, 0) is 17.1 Å². The molecule has 14 nitrogen and oxygen atoms in total. The van der Waals surface area contributed by atoms with E-state index in [2.05, 4.69) is 20.2 Å². The Morgan fingerprint density at radius 1 is 1.32 bits per heavy atom. The Hall–Kier alpha value is -4.11. The first-order valence-electron chi connectivity index (χ1n) is 13.0. The molecule has 3 atom stereocenters. The number of anilines is 2. The average Bonchev–Trinajstić information content (AvgIpc) is 3.51. The number of carbonyl (C=O) groups is 2. The molecule has 0 unspecified atom stereocenters. The van der Waals surface area contributed by atoms with Crippen molar-refractivity contribution < 1.29 is 32.4 Å². The van der Waals surface area contributed by atoms with E-state index in [0.29, 0.717) is 17.1 Å². The van der Waals surface area contributed by atoms with Gasteiger partial charge in [0, 0.05) is 32.8 Å². The van der Waals surface area contributed by atoms with E-state index in [4.69, 9.17) is 9.26 Å². The maximum absolute atomic E-state index is 13.7. The van der Waals surface area contributed by atoms with Gasteiger partial charge in [-0.3, -0.25) is 9.52 Å². The van der Waals surface area contributed by atoms with E-state index in [1.165, 1.54) is 39.0 Å². The van der Waals surface area contributed by atoms with E-state index in [0.717, 1.165) is 0 Å². The molecule has 1 aliphatic rings. The smallest absolute Gasteiger partial charge is 0.321 e. The molecule has 222 valence electrons. The van der Waals surface area contributed by atoms with Crippen LogP contribution in [0.4, 0.5) is 16.2 Å². The van der Waals surface area contributed by atoms with Gasteiger partial charge in [-0.15, -0.1) is 0 Å². The fourth-order valence-corrected chi connectivity index (χ4v) is 5.53. The highest BCUT2D eigenvalue weighted by Gasteiger charge is 2.36. The predicted octanol–water partition coefficient (Wildman–Crippen LogP) is 2.21. The summed E-state index contributed by atoms with van der Waals surface area (Å²) in [4.78, 5) is 33.6. The molecule has 1 aliphatic heterocycles. The minimum atomic E-state index is -4.12. The molecule has 3 heterocycles. The molecule has 3 N–H and O–H groups in total. The molecule has 0 fully saturated rings. The molecule has 0 aliphatic carbocycles. The maximum atomic E-state index is 13.7. The summed E-state index contributed by atoms with van der Waals surface area (Å²) in [5.41, 5.74) is 1.16. The Kier molecular flexibility index (Phi) is 8.58. The largest absolute Gasteiger partial charge is 0.485 e. The number of benzene rings is 1. The second-order valence-corrected chi connectivity index (χ2v) is 11.9. The number of nitrogens with one attached hydrogen (secondary N) is 2. The number of ether oxygens (including phenoxy) is 1. The molecule has 0 bridgehead atoms. The quantitative estimate of drug-likeness (QED) is 0.356. The van der Waals surface area contributed by atoms with E-state index in [-0.39, 0.29) is 47.6 Å². The van der Waals surface area contributed by atoms with Crippen molar-refractivity contribution >= 4 is 33.3 Å². The van der Waals surface area contributed by atoms with Crippen LogP contribution in [0, 0.1) is 19.8 Å². The number of fused-ring (bicyclic) bond motifs is 1. The number of aryl methyl sites for hydroxylation is 3. The highest BCUT2D eigenvalue weighted by atomic mass is 32.2. The predicted molar refractivity (Wildman–Crippen MR) is 149 cm³/mol. The number of aliphatic hydroxyl groups is 1. The van der Waals surface area contributed by atoms with Gasteiger partial charge in [-0.2, -0.15) is 8.42 Å². The molecule has 15 heteroatoms. The SMILES string of the molecule is Cc1noc(C)c1NC(=O)N(C)C[C@@H]1Oc2c(NS(=O)(=O)c3cn(C)cn3)cccc2C(=O)N([C@H](C)CO)C[C@@H]1C. The zero-order valence-corrected chi connectivity index (χ0v) is 24.6. The van der Waals surface area contributed by atoms with Crippen molar-refractivity contribution in [2.75, 3.05) is 36.8 Å². The molecule has 0 spiro atoms. The lowest BCUT2D eigenvalue weighted by molar-refractivity contribution is 0.0373. The number of amides is 3. The molecular weight excluding hydrogens is 554 g/mol. The molecule has 41 heavy (non-hydrogen) atoms. The van der Waals surface area contributed by atoms with Crippen LogP contribution in [0.2, 0.25) is 0 Å². The van der Waals surface area contributed by atoms with E-state index < -0.39 is 34.1 Å². The summed E-state index contributed by atoms with van der Waals surface area (Å²) in [5, 5.41) is 16.3. The van der Waals surface area contributed by atoms with Crippen molar-refractivity contribution in [3.05, 3.63) is 47.7 Å². The first kappa shape index (κ1) is 29.9. The van der Waals surface area contributed by atoms with E-state index in [9.17, 15) is 23.1 Å². The van der Waals surface area contributed by atoms with Gasteiger partial charge in [0.2, 0.25) is 0 Å². The van der Waals surface area contributed by atoms with Gasteiger partial charge in [-0.25, -0.2) is 9.78 Å². The van der Waals surface area contributed by atoms with Crippen LogP contribution in [0.15, 0.2) is 40.3 Å². The van der Waals surface area contributed by atoms with Crippen molar-refractivity contribution in [2.24, 2.45) is 13.0 Å². The van der Waals surface area contributed by atoms with Crippen molar-refractivity contribution in [1.82, 2.24) is 24.5 Å². The Labute approximate surface area is 238 Å². The third-order valence-corrected chi connectivity index (χ3v) is 8.21. The molecular formula is C26H35N7O7S. The summed E-state index contributed by atoms with van der Waals surface area (Å²) in [6.45, 7) is 7.03. The van der Waals surface area contributed by atoms with Gasteiger partial charge in [-0.1, -0.05) is 18.1 Å². The van der Waals surface area contributed by atoms with Crippen LogP contribution in [0.25, 0.3) is 0 Å². The fourth-order valence-electron chi connectivity index (χ4n) is 4.48. The summed E-state index contributed by atoms with van der Waals surface area (Å²) in [5.74, 6) is -0.264. The molecule has 0 radical (unpaired) electrons. The minimum Gasteiger partial charge on any atom is -0.485 e. The highest BCUT2D eigenvalue weighted by Crippen LogP contribution is 2.36. The molecule has 2 aromatic heterocycles. The second kappa shape index (κ2) is 11.8. The van der Waals surface area contributed by atoms with E-state index in [1.54, 1.807) is 40.9 Å². The Morgan fingerprint density at radius 2 is 2.05 bits per heavy atom. The summed E-state index contributed by atoms with van der Waals surface area (Å²) in [6, 6.07) is 3.61. The zero-order valence-electron chi connectivity index (χ0n) is 23.8. The number of carbonyl (C=O) groups excluding carboxylic acids is 2. The first-order valence-corrected chi connectivity index (χ1v) is 14.5. The van der Waals surface area contributed by atoms with Gasteiger partial charge in [0.1, 0.15) is 17.5 Å². The monoisotopic (exact) mass is 589 g/mol. The number of sulfonamides is 1. The molecule has 0 saturated carbocycles. The van der Waals surface area contributed by atoms with Crippen LogP contribution in [-0.4, -0.2) is 88.9 Å². The Morgan fingerprint density at radius 3 is 2.66 bits per heavy atom. The number of aliphatic hydroxyl groups excluding tert-OH is 1. The topological polar surface area (TPSA) is 172 Å². The number of para-hydroxylation sites is 1. The highest BCUT2D eigenvalue weighted by molar-refractivity contribution is 7.92. The van der Waals surface area contributed by atoms with Gasteiger partial charge in [0.05, 0.1) is 36.8 Å². The zero-order chi connectivity index (χ0) is 30.1. The van der Waals surface area contributed by atoms with Gasteiger partial charge in [0.15, 0.2) is 16.5 Å². The number of hydrogen-bond acceptors (Lipinski definition) is 9. The fraction of sp³-hybridized carbons (Fsp3) is 0.462. The Bertz CT molecular complexity index is 1510. The lowest BCUT2D eigenvalue weighted by Gasteiger charge is -2.38. The third-order valence-electron chi connectivity index (χ3n) is 6.96. The van der Waals surface area contributed by atoms with Crippen LogP contribution in [0.1, 0.15) is 35.7 Å². The first-order chi connectivity index (χ1) is 19.3. The van der Waals surface area contributed by atoms with Crippen LogP contribution >= 0.6 is 0 Å². The lowest BCUT2D eigenvalue weighted by Crippen LogP contribution is -2.50. The number of imidazole rings is 1. The van der Waals surface area contributed by atoms with Crippen molar-refractivity contribution in [1.29, 1.82) is 0 Å². The second-order valence-electron chi connectivity index (χ2n) is 10.3. The maximum Gasteiger partial charge on any atom is 0.321 e. The molecule has 0 saturated heterocycles. The van der Waals surface area contributed by atoms with Crippen LogP contribution < -0.4 is 14.8 Å². The van der Waals surface area contributed by atoms with Crippen LogP contribution in [0.3, 0.4) is 0 Å². The number of aromatic nitrogens is 3. The number of nitrogens with zero attached hydrogens (tertiary/aromatic N) is 5. The molecule has 1 aromatic carbocycles. The lowest BCUT2D eigenvalue weighted by atomic mass is 9.99. The van der Waals surface area contributed by atoms with Gasteiger partial charge < -0.3 is 34.1 Å². The van der Waals surface area contributed by atoms with Gasteiger partial charge in [0.25, 0.3) is 15.9 Å². The van der Waals surface area contributed by atoms with Gasteiger partial charge in [-0.05, 0) is 32.9 Å². The third kappa shape index (κ3) is 6.30. The number of urea groups is 1. The van der Waals surface area contributed by atoms with Crippen molar-refractivity contribution in [3.8, 4) is 5.75 Å². The summed E-state index contributed by atoms with van der Waals surface area (Å²) < 4.78 is 41.8.